The standard InChI is InChI=1S/C5H3BN2OS/c6-4-3-2(1-10-4)7-5(9)8-3/h1H,(H2,7,8,9). The van der Waals surface area contributed by atoms with Gasteiger partial charge < -0.3 is 9.97 Å². The zero-order chi connectivity index (χ0) is 7.14. The van der Waals surface area contributed by atoms with Crippen molar-refractivity contribution in [3.05, 3.63) is 15.9 Å². The molecule has 0 aliphatic heterocycles. The number of aromatic amines is 2. The van der Waals surface area contributed by atoms with Gasteiger partial charge in [-0.15, -0.1) is 0 Å². The molecule has 2 N–H and O–H groups in total. The first kappa shape index (κ1) is 5.79. The van der Waals surface area contributed by atoms with E-state index in [1.165, 1.54) is 11.3 Å². The topological polar surface area (TPSA) is 48.6 Å². The van der Waals surface area contributed by atoms with E-state index in [0.29, 0.717) is 4.78 Å². The molecule has 0 bridgehead atoms. The molecule has 48 valence electrons. The van der Waals surface area contributed by atoms with Crippen LogP contribution in [0.2, 0.25) is 0 Å². The van der Waals surface area contributed by atoms with E-state index in [-0.39, 0.29) is 5.69 Å². The minimum absolute atomic E-state index is 0.204. The Hall–Kier alpha value is -0.965. The van der Waals surface area contributed by atoms with Crippen LogP contribution < -0.4 is 10.5 Å². The average molecular weight is 150 g/mol. The molecule has 10 heavy (non-hydrogen) atoms. The maximum atomic E-state index is 10.6. The second kappa shape index (κ2) is 1.76. The molecule has 0 saturated carbocycles. The second-order valence-corrected chi connectivity index (χ2v) is 2.88. The highest BCUT2D eigenvalue weighted by molar-refractivity contribution is 7.20. The zero-order valence-electron chi connectivity index (χ0n) is 4.97. The lowest BCUT2D eigenvalue weighted by molar-refractivity contribution is 1.22. The van der Waals surface area contributed by atoms with Gasteiger partial charge in [0.1, 0.15) is 7.85 Å². The number of aromatic nitrogens is 2. The van der Waals surface area contributed by atoms with Crippen LogP contribution in [0.4, 0.5) is 0 Å². The van der Waals surface area contributed by atoms with Gasteiger partial charge in [0.25, 0.3) is 0 Å². The molecule has 5 heteroatoms. The predicted molar refractivity (Wildman–Crippen MR) is 42.2 cm³/mol. The Morgan fingerprint density at radius 1 is 1.50 bits per heavy atom. The molecule has 0 atom stereocenters. The molecule has 0 amide bonds. The Balaban J connectivity index is 3.03. The number of fused-ring (bicyclic) bond motifs is 1. The van der Waals surface area contributed by atoms with E-state index in [1.54, 1.807) is 0 Å². The highest BCUT2D eigenvalue weighted by Gasteiger charge is 2.00. The summed E-state index contributed by atoms with van der Waals surface area (Å²) in [6.07, 6.45) is 0. The molecule has 0 saturated heterocycles. The lowest BCUT2D eigenvalue weighted by atomic mass is 10.1. The molecule has 2 radical (unpaired) electrons. The van der Waals surface area contributed by atoms with E-state index in [4.69, 9.17) is 7.85 Å². The van der Waals surface area contributed by atoms with Crippen molar-refractivity contribution >= 4 is 35.0 Å². The minimum atomic E-state index is -0.204. The summed E-state index contributed by atoms with van der Waals surface area (Å²) < 4.78 is 0.647. The summed E-state index contributed by atoms with van der Waals surface area (Å²) in [7, 11) is 5.52. The first-order chi connectivity index (χ1) is 4.77. The summed E-state index contributed by atoms with van der Waals surface area (Å²) in [5.41, 5.74) is 1.30. The molecule has 2 rings (SSSR count). The lowest BCUT2D eigenvalue weighted by Crippen LogP contribution is -2.02. The Bertz CT molecular complexity index is 412. The van der Waals surface area contributed by atoms with Gasteiger partial charge in [0.2, 0.25) is 0 Å². The lowest BCUT2D eigenvalue weighted by Gasteiger charge is -1.76. The molecule has 0 aliphatic carbocycles. The summed E-state index contributed by atoms with van der Waals surface area (Å²) in [6, 6.07) is 0. The van der Waals surface area contributed by atoms with Crippen molar-refractivity contribution in [3.8, 4) is 0 Å². The molecular formula is C5H3BN2OS. The van der Waals surface area contributed by atoms with Crippen LogP contribution in [-0.2, 0) is 0 Å². The quantitative estimate of drug-likeness (QED) is 0.498. The highest BCUT2D eigenvalue weighted by Crippen LogP contribution is 2.07. The van der Waals surface area contributed by atoms with Crippen LogP contribution in [0.1, 0.15) is 0 Å². The number of thiophene rings is 1. The van der Waals surface area contributed by atoms with Crippen molar-refractivity contribution in [3.63, 3.8) is 0 Å². The maximum Gasteiger partial charge on any atom is 0.323 e. The highest BCUT2D eigenvalue weighted by atomic mass is 32.1. The van der Waals surface area contributed by atoms with Crippen molar-refractivity contribution in [2.45, 2.75) is 0 Å². The van der Waals surface area contributed by atoms with Crippen LogP contribution in [0.5, 0.6) is 0 Å². The van der Waals surface area contributed by atoms with Gasteiger partial charge in [-0.25, -0.2) is 4.79 Å². The van der Waals surface area contributed by atoms with Crippen LogP contribution in [0.3, 0.4) is 0 Å². The van der Waals surface area contributed by atoms with Gasteiger partial charge in [-0.2, -0.15) is 11.3 Å². The van der Waals surface area contributed by atoms with Gasteiger partial charge >= 0.3 is 5.69 Å². The molecule has 0 fully saturated rings. The Labute approximate surface area is 61.5 Å². The number of rotatable bonds is 0. The predicted octanol–water partition coefficient (Wildman–Crippen LogP) is -0.289. The van der Waals surface area contributed by atoms with Crippen molar-refractivity contribution in [2.75, 3.05) is 0 Å². The first-order valence-corrected chi connectivity index (χ1v) is 3.60. The van der Waals surface area contributed by atoms with Crippen LogP contribution in [-0.4, -0.2) is 17.8 Å². The Morgan fingerprint density at radius 2 is 2.30 bits per heavy atom. The Kier molecular flexibility index (Phi) is 1.02. The molecule has 2 heterocycles. The second-order valence-electron chi connectivity index (χ2n) is 1.97. The third-order valence-electron chi connectivity index (χ3n) is 1.31. The van der Waals surface area contributed by atoms with Crippen molar-refractivity contribution in [1.29, 1.82) is 0 Å². The van der Waals surface area contributed by atoms with Crippen LogP contribution >= 0.6 is 11.3 Å². The molecule has 3 nitrogen and oxygen atoms in total. The number of hydrogen-bond acceptors (Lipinski definition) is 2. The molecule has 0 aromatic carbocycles. The zero-order valence-corrected chi connectivity index (χ0v) is 5.79. The van der Waals surface area contributed by atoms with E-state index < -0.39 is 0 Å². The smallest absolute Gasteiger partial charge is 0.306 e. The van der Waals surface area contributed by atoms with Crippen LogP contribution in [0.15, 0.2) is 10.2 Å². The SMILES string of the molecule is [B]c1scc2[nH]c(=O)[nH]c12. The molecule has 0 unspecified atom stereocenters. The molecule has 2 aromatic heterocycles. The van der Waals surface area contributed by atoms with Gasteiger partial charge in [0.15, 0.2) is 0 Å². The molecule has 0 aliphatic rings. The summed E-state index contributed by atoms with van der Waals surface area (Å²) in [6.45, 7) is 0. The summed E-state index contributed by atoms with van der Waals surface area (Å²) in [5.74, 6) is 0. The summed E-state index contributed by atoms with van der Waals surface area (Å²) >= 11 is 1.41. The van der Waals surface area contributed by atoms with Crippen LogP contribution in [0, 0.1) is 0 Å². The van der Waals surface area contributed by atoms with E-state index in [9.17, 15) is 4.79 Å². The van der Waals surface area contributed by atoms with E-state index in [2.05, 4.69) is 9.97 Å². The fourth-order valence-corrected chi connectivity index (χ4v) is 1.56. The number of H-pyrrole nitrogens is 2. The third kappa shape index (κ3) is 0.638. The maximum absolute atomic E-state index is 10.6. The van der Waals surface area contributed by atoms with Gasteiger partial charge in [0.05, 0.1) is 11.0 Å². The number of imidazole rings is 1. The fraction of sp³-hybridized carbons (Fsp3) is 0. The van der Waals surface area contributed by atoms with E-state index >= 15 is 0 Å². The van der Waals surface area contributed by atoms with Crippen molar-refractivity contribution in [1.82, 2.24) is 9.97 Å². The molecular weight excluding hydrogens is 147 g/mol. The molecule has 0 spiro atoms. The summed E-state index contributed by atoms with van der Waals surface area (Å²) in [4.78, 5) is 15.8. The minimum Gasteiger partial charge on any atom is -0.306 e. The summed E-state index contributed by atoms with van der Waals surface area (Å²) in [5, 5.41) is 1.81. The first-order valence-electron chi connectivity index (χ1n) is 2.72. The largest absolute Gasteiger partial charge is 0.323 e. The monoisotopic (exact) mass is 150 g/mol. The van der Waals surface area contributed by atoms with Gasteiger partial charge in [-0.1, -0.05) is 0 Å². The third-order valence-corrected chi connectivity index (χ3v) is 2.12. The van der Waals surface area contributed by atoms with Crippen LogP contribution in [0.25, 0.3) is 11.0 Å². The number of nitrogens with one attached hydrogen (secondary N) is 2. The van der Waals surface area contributed by atoms with Gasteiger partial charge in [0, 0.05) is 5.38 Å². The van der Waals surface area contributed by atoms with Crippen molar-refractivity contribution in [2.24, 2.45) is 0 Å². The number of hydrogen-bond donors (Lipinski definition) is 2. The Morgan fingerprint density at radius 3 is 3.00 bits per heavy atom. The molecule has 2 aromatic rings. The average Bonchev–Trinajstić information content (AvgIpc) is 2.35. The van der Waals surface area contributed by atoms with E-state index in [0.717, 1.165) is 11.0 Å². The fourth-order valence-electron chi connectivity index (χ4n) is 0.861. The normalized spacial score (nSPS) is 10.8. The van der Waals surface area contributed by atoms with E-state index in [1.807, 2.05) is 5.38 Å². The van der Waals surface area contributed by atoms with Gasteiger partial charge in [-0.05, 0) is 4.78 Å². The van der Waals surface area contributed by atoms with Crippen molar-refractivity contribution < 1.29 is 0 Å². The van der Waals surface area contributed by atoms with Gasteiger partial charge in [-0.3, -0.25) is 0 Å².